The molecule has 0 saturated heterocycles. The Hall–Kier alpha value is -1.60. The number of hydrogen-bond acceptors (Lipinski definition) is 6. The lowest BCUT2D eigenvalue weighted by atomic mass is 10.1. The van der Waals surface area contributed by atoms with E-state index in [1.807, 2.05) is 45.4 Å². The summed E-state index contributed by atoms with van der Waals surface area (Å²) >= 11 is 2.89. The lowest BCUT2D eigenvalue weighted by molar-refractivity contribution is -0.114. The molecule has 0 bridgehead atoms. The third-order valence-corrected chi connectivity index (χ3v) is 4.71. The monoisotopic (exact) mass is 322 g/mol. The molecule has 1 heterocycles. The zero-order valence-corrected chi connectivity index (χ0v) is 14.1. The van der Waals surface area contributed by atoms with E-state index in [0.29, 0.717) is 5.95 Å². The smallest absolute Gasteiger partial charge is 0.244 e. The summed E-state index contributed by atoms with van der Waals surface area (Å²) in [5, 5.41) is 2.96. The first-order valence-electron chi connectivity index (χ1n) is 6.46. The average Bonchev–Trinajstić information content (AvgIpc) is 2.92. The van der Waals surface area contributed by atoms with Crippen LogP contribution in [0.1, 0.15) is 11.1 Å². The number of carbonyl (C=O) groups is 1. The van der Waals surface area contributed by atoms with Crippen LogP contribution in [0.3, 0.4) is 0 Å². The van der Waals surface area contributed by atoms with Crippen LogP contribution < -0.4 is 10.2 Å². The van der Waals surface area contributed by atoms with E-state index in [-0.39, 0.29) is 12.5 Å². The van der Waals surface area contributed by atoms with Gasteiger partial charge in [0.25, 0.3) is 0 Å². The number of aryl methyl sites for hydroxylation is 2. The average molecular weight is 322 g/mol. The molecule has 1 aromatic heterocycles. The number of thioether (sulfide) groups is 1. The molecule has 112 valence electrons. The van der Waals surface area contributed by atoms with Crippen LogP contribution in [-0.2, 0) is 4.79 Å². The van der Waals surface area contributed by atoms with Crippen molar-refractivity contribution in [3.63, 3.8) is 0 Å². The number of para-hydroxylation sites is 1. The molecule has 0 saturated carbocycles. The van der Waals surface area contributed by atoms with Crippen molar-refractivity contribution in [1.29, 1.82) is 0 Å². The summed E-state index contributed by atoms with van der Waals surface area (Å²) in [7, 11) is 1.82. The number of benzene rings is 1. The summed E-state index contributed by atoms with van der Waals surface area (Å²) < 4.78 is 5.13. The number of rotatable bonds is 5. The summed E-state index contributed by atoms with van der Waals surface area (Å²) in [6.45, 7) is 4.19. The molecule has 2 rings (SSSR count). The van der Waals surface area contributed by atoms with Crippen LogP contribution in [0.25, 0.3) is 0 Å². The lowest BCUT2D eigenvalue weighted by Crippen LogP contribution is -2.31. The summed E-state index contributed by atoms with van der Waals surface area (Å²) in [4.78, 5) is 18.3. The van der Waals surface area contributed by atoms with E-state index in [2.05, 4.69) is 14.7 Å². The molecule has 1 amide bonds. The maximum atomic E-state index is 12.2. The fourth-order valence-corrected chi connectivity index (χ4v) is 2.96. The fourth-order valence-electron chi connectivity index (χ4n) is 1.92. The predicted molar refractivity (Wildman–Crippen MR) is 89.5 cm³/mol. The Balaban J connectivity index is 2.01. The molecular formula is C14H18N4OS2. The van der Waals surface area contributed by atoms with Gasteiger partial charge in [-0.3, -0.25) is 4.79 Å². The van der Waals surface area contributed by atoms with Gasteiger partial charge in [0.05, 0.1) is 6.54 Å². The maximum Gasteiger partial charge on any atom is 0.244 e. The molecule has 0 aliphatic carbocycles. The largest absolute Gasteiger partial charge is 0.334 e. The number of anilines is 2. The van der Waals surface area contributed by atoms with E-state index in [9.17, 15) is 4.79 Å². The summed E-state index contributed by atoms with van der Waals surface area (Å²) in [5.74, 6) is 0.511. The van der Waals surface area contributed by atoms with E-state index in [1.54, 1.807) is 16.7 Å². The Labute approximate surface area is 132 Å². The highest BCUT2D eigenvalue weighted by Gasteiger charge is 2.13. The minimum absolute atomic E-state index is 0.0737. The van der Waals surface area contributed by atoms with Crippen LogP contribution in [0, 0.1) is 13.8 Å². The van der Waals surface area contributed by atoms with Crippen LogP contribution in [0.2, 0.25) is 0 Å². The number of aromatic nitrogens is 2. The maximum absolute atomic E-state index is 12.2. The van der Waals surface area contributed by atoms with Crippen LogP contribution in [0.4, 0.5) is 11.6 Å². The molecule has 0 aliphatic heterocycles. The van der Waals surface area contributed by atoms with E-state index >= 15 is 0 Å². The number of amides is 1. The van der Waals surface area contributed by atoms with Gasteiger partial charge >= 0.3 is 0 Å². The first kappa shape index (κ1) is 15.8. The van der Waals surface area contributed by atoms with E-state index in [1.165, 1.54) is 11.5 Å². The minimum Gasteiger partial charge on any atom is -0.334 e. The fraction of sp³-hybridized carbons (Fsp3) is 0.357. The van der Waals surface area contributed by atoms with Gasteiger partial charge in [-0.05, 0) is 42.8 Å². The standard InChI is InChI=1S/C14H18N4OS2/c1-9-6-5-7-10(2)12(9)15-11(19)8-18(3)13-16-14(20-4)21-17-13/h5-7H,8H2,1-4H3,(H,15,19). The molecule has 21 heavy (non-hydrogen) atoms. The summed E-state index contributed by atoms with van der Waals surface area (Å²) in [5.41, 5.74) is 3.00. The van der Waals surface area contributed by atoms with Gasteiger partial charge in [0.2, 0.25) is 11.9 Å². The van der Waals surface area contributed by atoms with Crippen LogP contribution >= 0.6 is 23.3 Å². The molecule has 1 N–H and O–H groups in total. The second-order valence-electron chi connectivity index (χ2n) is 4.74. The first-order valence-corrected chi connectivity index (χ1v) is 8.46. The second kappa shape index (κ2) is 6.91. The van der Waals surface area contributed by atoms with Gasteiger partial charge in [0, 0.05) is 12.7 Å². The van der Waals surface area contributed by atoms with Crippen LogP contribution in [0.15, 0.2) is 22.5 Å². The second-order valence-corrected chi connectivity index (χ2v) is 6.54. The van der Waals surface area contributed by atoms with Gasteiger partial charge in [-0.1, -0.05) is 30.0 Å². The van der Waals surface area contributed by atoms with E-state index in [0.717, 1.165) is 21.2 Å². The predicted octanol–water partition coefficient (Wildman–Crippen LogP) is 2.95. The highest BCUT2D eigenvalue weighted by Crippen LogP contribution is 2.21. The van der Waals surface area contributed by atoms with Gasteiger partial charge in [-0.25, -0.2) is 0 Å². The Morgan fingerprint density at radius 2 is 2.05 bits per heavy atom. The lowest BCUT2D eigenvalue weighted by Gasteiger charge is -2.16. The molecule has 5 nitrogen and oxygen atoms in total. The van der Waals surface area contributed by atoms with Crippen molar-refractivity contribution in [2.75, 3.05) is 30.1 Å². The molecule has 7 heteroatoms. The number of hydrogen-bond donors (Lipinski definition) is 1. The molecule has 0 atom stereocenters. The molecule has 1 aromatic carbocycles. The molecule has 0 unspecified atom stereocenters. The van der Waals surface area contributed by atoms with Gasteiger partial charge in [-0.2, -0.15) is 9.36 Å². The zero-order valence-electron chi connectivity index (χ0n) is 12.5. The third-order valence-electron chi connectivity index (χ3n) is 3.04. The Kier molecular flexibility index (Phi) is 5.19. The molecule has 0 fully saturated rings. The molecule has 2 aromatic rings. The van der Waals surface area contributed by atoms with Gasteiger partial charge in [-0.15, -0.1) is 0 Å². The van der Waals surface area contributed by atoms with E-state index < -0.39 is 0 Å². The molecular weight excluding hydrogens is 304 g/mol. The SMILES string of the molecule is CSc1nc(N(C)CC(=O)Nc2c(C)cccc2C)ns1. The quantitative estimate of drug-likeness (QED) is 0.858. The number of likely N-dealkylation sites (N-methyl/N-ethyl adjacent to an activating group) is 1. The van der Waals surface area contributed by atoms with Crippen LogP contribution in [0.5, 0.6) is 0 Å². The highest BCUT2D eigenvalue weighted by molar-refractivity contribution is 8.00. The van der Waals surface area contributed by atoms with Crippen molar-refractivity contribution in [3.8, 4) is 0 Å². The van der Waals surface area contributed by atoms with Crippen LogP contribution in [-0.4, -0.2) is 35.1 Å². The topological polar surface area (TPSA) is 58.1 Å². The normalized spacial score (nSPS) is 10.5. The number of nitrogens with zero attached hydrogens (tertiary/aromatic N) is 3. The Morgan fingerprint density at radius 3 is 2.62 bits per heavy atom. The number of carbonyl (C=O) groups excluding carboxylic acids is 1. The first-order chi connectivity index (χ1) is 10.0. The van der Waals surface area contributed by atoms with Crippen molar-refractivity contribution in [2.24, 2.45) is 0 Å². The van der Waals surface area contributed by atoms with Crippen molar-refractivity contribution in [2.45, 2.75) is 18.2 Å². The van der Waals surface area contributed by atoms with E-state index in [4.69, 9.17) is 0 Å². The van der Waals surface area contributed by atoms with Gasteiger partial charge in [0.15, 0.2) is 4.34 Å². The molecule has 0 aliphatic rings. The molecule has 0 spiro atoms. The molecule has 0 radical (unpaired) electrons. The van der Waals surface area contributed by atoms with Crippen molar-refractivity contribution < 1.29 is 4.79 Å². The summed E-state index contributed by atoms with van der Waals surface area (Å²) in [6, 6.07) is 5.95. The summed E-state index contributed by atoms with van der Waals surface area (Å²) in [6.07, 6.45) is 1.96. The third kappa shape index (κ3) is 3.95. The van der Waals surface area contributed by atoms with Gasteiger partial charge in [0.1, 0.15) is 0 Å². The Bertz CT molecular complexity index is 621. The number of nitrogens with one attached hydrogen (secondary N) is 1. The minimum atomic E-state index is -0.0737. The zero-order chi connectivity index (χ0) is 15.4. The Morgan fingerprint density at radius 1 is 1.38 bits per heavy atom. The van der Waals surface area contributed by atoms with Crippen molar-refractivity contribution in [3.05, 3.63) is 29.3 Å². The van der Waals surface area contributed by atoms with Crippen molar-refractivity contribution in [1.82, 2.24) is 9.36 Å². The highest BCUT2D eigenvalue weighted by atomic mass is 32.2. The van der Waals surface area contributed by atoms with Crippen molar-refractivity contribution >= 4 is 40.8 Å². The van der Waals surface area contributed by atoms with Gasteiger partial charge < -0.3 is 10.2 Å².